The van der Waals surface area contributed by atoms with Crippen LogP contribution in [0, 0.1) is 0 Å². The van der Waals surface area contributed by atoms with E-state index in [9.17, 15) is 4.79 Å². The molecule has 0 aromatic heterocycles. The van der Waals surface area contributed by atoms with Crippen LogP contribution in [0.15, 0.2) is 18.2 Å². The van der Waals surface area contributed by atoms with Crippen molar-refractivity contribution < 1.29 is 14.3 Å². The second-order valence-electron chi connectivity index (χ2n) is 5.41. The van der Waals surface area contributed by atoms with Crippen molar-refractivity contribution in [1.29, 1.82) is 0 Å². The van der Waals surface area contributed by atoms with Crippen LogP contribution in [-0.2, 0) is 0 Å². The summed E-state index contributed by atoms with van der Waals surface area (Å²) in [6.07, 6.45) is 3.34. The van der Waals surface area contributed by atoms with E-state index in [2.05, 4.69) is 13.8 Å². The lowest BCUT2D eigenvalue weighted by atomic mass is 9.96. The second-order valence-corrected chi connectivity index (χ2v) is 5.41. The van der Waals surface area contributed by atoms with Gasteiger partial charge in [0.2, 0.25) is 0 Å². The molecule has 0 aliphatic carbocycles. The van der Waals surface area contributed by atoms with Crippen molar-refractivity contribution in [3.8, 4) is 11.5 Å². The highest BCUT2D eigenvalue weighted by molar-refractivity contribution is 5.95. The van der Waals surface area contributed by atoms with E-state index in [1.54, 1.807) is 32.4 Å². The largest absolute Gasteiger partial charge is 0.493 e. The Morgan fingerprint density at radius 2 is 1.70 bits per heavy atom. The summed E-state index contributed by atoms with van der Waals surface area (Å²) in [5.41, 5.74) is 0.656. The van der Waals surface area contributed by atoms with Gasteiger partial charge in [-0.05, 0) is 51.3 Å². The summed E-state index contributed by atoms with van der Waals surface area (Å²) in [6.45, 7) is 4.24. The molecule has 4 nitrogen and oxygen atoms in total. The molecule has 1 saturated heterocycles. The fraction of sp³-hybridized carbons (Fsp3) is 0.562. The molecule has 110 valence electrons. The van der Waals surface area contributed by atoms with Crippen LogP contribution < -0.4 is 9.47 Å². The van der Waals surface area contributed by atoms with Crippen LogP contribution in [0.4, 0.5) is 0 Å². The van der Waals surface area contributed by atoms with Gasteiger partial charge in [-0.15, -0.1) is 0 Å². The van der Waals surface area contributed by atoms with E-state index in [-0.39, 0.29) is 5.91 Å². The first kappa shape index (κ1) is 14.7. The van der Waals surface area contributed by atoms with E-state index in [0.29, 0.717) is 29.1 Å². The molecule has 0 radical (unpaired) electrons. The molecule has 1 aliphatic rings. The molecule has 0 N–H and O–H groups in total. The van der Waals surface area contributed by atoms with Crippen LogP contribution in [0.2, 0.25) is 0 Å². The zero-order chi connectivity index (χ0) is 14.7. The number of nitrogens with zero attached hydrogens (tertiary/aromatic N) is 1. The van der Waals surface area contributed by atoms with Crippen molar-refractivity contribution >= 4 is 5.91 Å². The van der Waals surface area contributed by atoms with Gasteiger partial charge in [0.25, 0.3) is 5.91 Å². The first-order chi connectivity index (χ1) is 9.58. The lowest BCUT2D eigenvalue weighted by Crippen LogP contribution is -2.47. The van der Waals surface area contributed by atoms with E-state index in [0.717, 1.165) is 12.8 Å². The highest BCUT2D eigenvalue weighted by Crippen LogP contribution is 2.30. The third-order valence-corrected chi connectivity index (χ3v) is 4.06. The van der Waals surface area contributed by atoms with Gasteiger partial charge in [-0.1, -0.05) is 0 Å². The van der Waals surface area contributed by atoms with Gasteiger partial charge >= 0.3 is 0 Å². The number of ether oxygens (including phenoxy) is 2. The molecule has 1 aromatic rings. The molecule has 20 heavy (non-hydrogen) atoms. The van der Waals surface area contributed by atoms with Crippen LogP contribution in [0.25, 0.3) is 0 Å². The molecule has 1 aromatic carbocycles. The van der Waals surface area contributed by atoms with E-state index in [4.69, 9.17) is 9.47 Å². The average Bonchev–Trinajstić information content (AvgIpc) is 2.46. The predicted molar refractivity (Wildman–Crippen MR) is 78.5 cm³/mol. The molecule has 0 spiro atoms. The smallest absolute Gasteiger partial charge is 0.254 e. The highest BCUT2D eigenvalue weighted by atomic mass is 16.5. The minimum Gasteiger partial charge on any atom is -0.493 e. The van der Waals surface area contributed by atoms with Crippen LogP contribution >= 0.6 is 0 Å². The van der Waals surface area contributed by atoms with Gasteiger partial charge < -0.3 is 14.4 Å². The van der Waals surface area contributed by atoms with Gasteiger partial charge in [0.15, 0.2) is 11.5 Å². The molecule has 1 heterocycles. The summed E-state index contributed by atoms with van der Waals surface area (Å²) in [6, 6.07) is 5.93. The maximum absolute atomic E-state index is 12.7. The minimum absolute atomic E-state index is 0.0747. The lowest BCUT2D eigenvalue weighted by Gasteiger charge is -2.39. The number of likely N-dealkylation sites (tertiary alicyclic amines) is 1. The van der Waals surface area contributed by atoms with Crippen molar-refractivity contribution in [1.82, 2.24) is 4.90 Å². The molecule has 0 saturated carbocycles. The van der Waals surface area contributed by atoms with Crippen molar-refractivity contribution in [3.05, 3.63) is 23.8 Å². The molecular weight excluding hydrogens is 254 g/mol. The van der Waals surface area contributed by atoms with Crippen molar-refractivity contribution in [3.63, 3.8) is 0 Å². The second kappa shape index (κ2) is 6.16. The maximum atomic E-state index is 12.7. The molecule has 1 aliphatic heterocycles. The number of methoxy groups -OCH3 is 2. The normalized spacial score (nSPS) is 22.5. The topological polar surface area (TPSA) is 38.8 Å². The zero-order valence-electron chi connectivity index (χ0n) is 12.7. The molecule has 0 bridgehead atoms. The Hall–Kier alpha value is -1.71. The zero-order valence-corrected chi connectivity index (χ0v) is 12.7. The van der Waals surface area contributed by atoms with Crippen molar-refractivity contribution in [2.24, 2.45) is 0 Å². The SMILES string of the molecule is COc1ccc(C(=O)N2[C@@H](C)CCC[C@@H]2C)cc1OC. The Kier molecular flexibility index (Phi) is 4.53. The molecule has 2 atom stereocenters. The number of amides is 1. The first-order valence-electron chi connectivity index (χ1n) is 7.13. The average molecular weight is 277 g/mol. The van der Waals surface area contributed by atoms with E-state index in [1.807, 2.05) is 4.90 Å². The third kappa shape index (κ3) is 2.74. The molecular formula is C16H23NO3. The van der Waals surface area contributed by atoms with Gasteiger partial charge in [0.1, 0.15) is 0 Å². The minimum atomic E-state index is 0.0747. The number of piperidine rings is 1. The number of rotatable bonds is 3. The predicted octanol–water partition coefficient (Wildman–Crippen LogP) is 3.11. The maximum Gasteiger partial charge on any atom is 0.254 e. The quantitative estimate of drug-likeness (QED) is 0.852. The summed E-state index contributed by atoms with van der Waals surface area (Å²) in [5.74, 6) is 1.31. The van der Waals surface area contributed by atoms with E-state index in [1.165, 1.54) is 6.42 Å². The molecule has 1 fully saturated rings. The fourth-order valence-corrected chi connectivity index (χ4v) is 2.94. The van der Waals surface area contributed by atoms with Crippen molar-refractivity contribution in [2.45, 2.75) is 45.2 Å². The summed E-state index contributed by atoms with van der Waals surface area (Å²) < 4.78 is 10.5. The molecule has 1 amide bonds. The van der Waals surface area contributed by atoms with Crippen LogP contribution in [-0.4, -0.2) is 37.1 Å². The third-order valence-electron chi connectivity index (χ3n) is 4.06. The summed E-state index contributed by atoms with van der Waals surface area (Å²) >= 11 is 0. The standard InChI is InChI=1S/C16H23NO3/c1-11-6-5-7-12(2)17(11)16(18)13-8-9-14(19-3)15(10-13)20-4/h8-12H,5-7H2,1-4H3/t11-,12-/m0/s1. The van der Waals surface area contributed by atoms with Gasteiger partial charge in [-0.25, -0.2) is 0 Å². The Morgan fingerprint density at radius 3 is 2.25 bits per heavy atom. The Labute approximate surface area is 120 Å². The van der Waals surface area contributed by atoms with Crippen molar-refractivity contribution in [2.75, 3.05) is 14.2 Å². The summed E-state index contributed by atoms with van der Waals surface area (Å²) in [5, 5.41) is 0. The number of hydrogen-bond donors (Lipinski definition) is 0. The number of carbonyl (C=O) groups is 1. The summed E-state index contributed by atoms with van der Waals surface area (Å²) in [4.78, 5) is 14.7. The lowest BCUT2D eigenvalue weighted by molar-refractivity contribution is 0.0510. The monoisotopic (exact) mass is 277 g/mol. The Bertz CT molecular complexity index is 477. The van der Waals surface area contributed by atoms with Gasteiger partial charge in [-0.2, -0.15) is 0 Å². The Morgan fingerprint density at radius 1 is 1.10 bits per heavy atom. The molecule has 0 unspecified atom stereocenters. The summed E-state index contributed by atoms with van der Waals surface area (Å²) in [7, 11) is 3.17. The molecule has 2 rings (SSSR count). The first-order valence-corrected chi connectivity index (χ1v) is 7.13. The van der Waals surface area contributed by atoms with E-state index >= 15 is 0 Å². The van der Waals surface area contributed by atoms with Crippen LogP contribution in [0.3, 0.4) is 0 Å². The number of carbonyl (C=O) groups excluding carboxylic acids is 1. The van der Waals surface area contributed by atoms with Gasteiger partial charge in [-0.3, -0.25) is 4.79 Å². The van der Waals surface area contributed by atoms with Gasteiger partial charge in [0.05, 0.1) is 14.2 Å². The number of hydrogen-bond acceptors (Lipinski definition) is 3. The Balaban J connectivity index is 2.28. The van der Waals surface area contributed by atoms with Crippen LogP contribution in [0.5, 0.6) is 11.5 Å². The highest BCUT2D eigenvalue weighted by Gasteiger charge is 2.29. The number of benzene rings is 1. The fourth-order valence-electron chi connectivity index (χ4n) is 2.94. The van der Waals surface area contributed by atoms with E-state index < -0.39 is 0 Å². The van der Waals surface area contributed by atoms with Crippen LogP contribution in [0.1, 0.15) is 43.5 Å². The van der Waals surface area contributed by atoms with Gasteiger partial charge in [0, 0.05) is 17.6 Å². The molecule has 4 heteroatoms.